The van der Waals surface area contributed by atoms with E-state index in [9.17, 15) is 16.8 Å². The average molecular weight is 427 g/mol. The van der Waals surface area contributed by atoms with E-state index in [0.717, 1.165) is 6.26 Å². The van der Waals surface area contributed by atoms with E-state index in [0.29, 0.717) is 23.1 Å². The Morgan fingerprint density at radius 2 is 1.83 bits per heavy atom. The topological polar surface area (TPSA) is 92.8 Å². The summed E-state index contributed by atoms with van der Waals surface area (Å²) in [7, 11) is -5.38. The normalized spacial score (nSPS) is 18.0. The van der Waals surface area contributed by atoms with Gasteiger partial charge in [-0.3, -0.25) is 0 Å². The van der Waals surface area contributed by atoms with Crippen molar-refractivity contribution >= 4 is 36.0 Å². The summed E-state index contributed by atoms with van der Waals surface area (Å²) in [6, 6.07) is 4.38. The van der Waals surface area contributed by atoms with Crippen LogP contribution in [0.2, 0.25) is 0 Å². The van der Waals surface area contributed by atoms with Crippen molar-refractivity contribution < 1.29 is 21.6 Å². The number of piperidine rings is 1. The van der Waals surface area contributed by atoms with Crippen LogP contribution in [0, 0.1) is 0 Å². The van der Waals surface area contributed by atoms with Gasteiger partial charge in [-0.1, -0.05) is 0 Å². The summed E-state index contributed by atoms with van der Waals surface area (Å²) in [5, 5.41) is 0. The van der Waals surface area contributed by atoms with Crippen molar-refractivity contribution in [1.29, 1.82) is 0 Å². The van der Waals surface area contributed by atoms with E-state index in [1.54, 1.807) is 6.07 Å². The third kappa shape index (κ3) is 4.66. The predicted octanol–water partition coefficient (Wildman–Crippen LogP) is 1.16. The van der Waals surface area contributed by atoms with Gasteiger partial charge in [0.25, 0.3) is 0 Å². The molecule has 0 unspecified atom stereocenters. The highest BCUT2D eigenvalue weighted by Gasteiger charge is 2.30. The molecule has 1 fully saturated rings. The monoisotopic (exact) mass is 426 g/mol. The fourth-order valence-electron chi connectivity index (χ4n) is 2.47. The summed E-state index contributed by atoms with van der Waals surface area (Å²) in [4.78, 5) is 0.180. The second-order valence-corrected chi connectivity index (χ2v) is 9.94. The van der Waals surface area contributed by atoms with Gasteiger partial charge in [-0.15, -0.1) is 0 Å². The van der Waals surface area contributed by atoms with Crippen LogP contribution in [-0.4, -0.2) is 53.6 Å². The number of nitrogens with zero attached hydrogens (tertiary/aromatic N) is 1. The first kappa shape index (κ1) is 18.7. The minimum atomic E-state index is -3.61. The molecule has 0 saturated carbocycles. The number of methoxy groups -OCH3 is 1. The quantitative estimate of drug-likeness (QED) is 0.762. The average Bonchev–Trinajstić information content (AvgIpc) is 2.46. The lowest BCUT2D eigenvalue weighted by Gasteiger charge is -2.31. The van der Waals surface area contributed by atoms with Gasteiger partial charge in [-0.05, 0) is 47.0 Å². The molecule has 10 heteroatoms. The highest BCUT2D eigenvalue weighted by Crippen LogP contribution is 2.29. The molecule has 0 bridgehead atoms. The van der Waals surface area contributed by atoms with Crippen molar-refractivity contribution in [3.8, 4) is 5.75 Å². The molecule has 0 amide bonds. The Labute approximate surface area is 145 Å². The molecule has 0 radical (unpaired) electrons. The number of hydrogen-bond acceptors (Lipinski definition) is 5. The van der Waals surface area contributed by atoms with E-state index < -0.39 is 20.0 Å². The third-order valence-corrected chi connectivity index (χ3v) is 6.87. The van der Waals surface area contributed by atoms with Gasteiger partial charge in [0.2, 0.25) is 20.0 Å². The van der Waals surface area contributed by atoms with Crippen LogP contribution < -0.4 is 9.46 Å². The summed E-state index contributed by atoms with van der Waals surface area (Å²) < 4.78 is 57.3. The first-order valence-electron chi connectivity index (χ1n) is 6.94. The number of sulfonamides is 2. The number of benzene rings is 1. The zero-order valence-electron chi connectivity index (χ0n) is 12.8. The van der Waals surface area contributed by atoms with E-state index in [1.807, 2.05) is 0 Å². The molecule has 1 aromatic carbocycles. The Morgan fingerprint density at radius 3 is 2.30 bits per heavy atom. The highest BCUT2D eigenvalue weighted by atomic mass is 79.9. The van der Waals surface area contributed by atoms with Gasteiger partial charge in [-0.25, -0.2) is 21.6 Å². The van der Waals surface area contributed by atoms with Gasteiger partial charge >= 0.3 is 0 Å². The Balaban J connectivity index is 2.11. The molecule has 1 aromatic rings. The molecular weight excluding hydrogens is 408 g/mol. The van der Waals surface area contributed by atoms with Gasteiger partial charge in [-0.2, -0.15) is 4.31 Å². The first-order chi connectivity index (χ1) is 10.6. The second-order valence-electron chi connectivity index (χ2n) is 5.36. The van der Waals surface area contributed by atoms with Gasteiger partial charge < -0.3 is 4.74 Å². The summed E-state index contributed by atoms with van der Waals surface area (Å²) in [5.41, 5.74) is 0. The molecular formula is C13H19BrN2O5S2. The summed E-state index contributed by atoms with van der Waals surface area (Å²) in [5.74, 6) is 0.556. The van der Waals surface area contributed by atoms with E-state index in [-0.39, 0.29) is 24.0 Å². The van der Waals surface area contributed by atoms with Crippen molar-refractivity contribution in [1.82, 2.24) is 9.03 Å². The van der Waals surface area contributed by atoms with Gasteiger partial charge in [0.15, 0.2) is 0 Å². The Bertz CT molecular complexity index is 772. The molecule has 1 saturated heterocycles. The van der Waals surface area contributed by atoms with Crippen LogP contribution in [0.1, 0.15) is 12.8 Å². The third-order valence-electron chi connectivity index (χ3n) is 3.60. The molecule has 0 aliphatic carbocycles. The molecule has 0 spiro atoms. The molecule has 1 aliphatic heterocycles. The molecule has 7 nitrogen and oxygen atoms in total. The smallest absolute Gasteiger partial charge is 0.243 e. The molecule has 0 aromatic heterocycles. The summed E-state index contributed by atoms with van der Waals surface area (Å²) in [6.45, 7) is 0.554. The van der Waals surface area contributed by atoms with Crippen molar-refractivity contribution in [2.24, 2.45) is 0 Å². The second kappa shape index (κ2) is 7.06. The van der Waals surface area contributed by atoms with Crippen LogP contribution in [0.3, 0.4) is 0 Å². The molecule has 1 heterocycles. The molecule has 23 heavy (non-hydrogen) atoms. The fraction of sp³-hybridized carbons (Fsp3) is 0.538. The van der Waals surface area contributed by atoms with E-state index in [1.165, 1.54) is 23.5 Å². The lowest BCUT2D eigenvalue weighted by Crippen LogP contribution is -2.46. The standard InChI is InChI=1S/C13H19BrN2O5S2/c1-21-13-4-3-11(9-12(13)14)23(19,20)16-7-5-10(6-8-16)15-22(2,17)18/h3-4,9-10,15H,5-8H2,1-2H3. The lowest BCUT2D eigenvalue weighted by atomic mass is 10.1. The largest absolute Gasteiger partial charge is 0.496 e. The number of rotatable bonds is 5. The number of hydrogen-bond donors (Lipinski definition) is 1. The van der Waals surface area contributed by atoms with Crippen molar-refractivity contribution in [2.45, 2.75) is 23.8 Å². The lowest BCUT2D eigenvalue weighted by molar-refractivity contribution is 0.308. The number of nitrogens with one attached hydrogen (secondary N) is 1. The van der Waals surface area contributed by atoms with E-state index >= 15 is 0 Å². The maximum absolute atomic E-state index is 12.7. The van der Waals surface area contributed by atoms with Crippen LogP contribution in [0.4, 0.5) is 0 Å². The van der Waals surface area contributed by atoms with Crippen molar-refractivity contribution in [2.75, 3.05) is 26.5 Å². The Morgan fingerprint density at radius 1 is 1.22 bits per heavy atom. The van der Waals surface area contributed by atoms with Crippen LogP contribution in [0.25, 0.3) is 0 Å². The van der Waals surface area contributed by atoms with E-state index in [2.05, 4.69) is 20.7 Å². The van der Waals surface area contributed by atoms with Crippen molar-refractivity contribution in [3.63, 3.8) is 0 Å². The molecule has 1 aliphatic rings. The Hall–Kier alpha value is -0.680. The SMILES string of the molecule is COc1ccc(S(=O)(=O)N2CCC(NS(C)(=O)=O)CC2)cc1Br. The minimum Gasteiger partial charge on any atom is -0.496 e. The fourth-order valence-corrected chi connectivity index (χ4v) is 5.50. The van der Waals surface area contributed by atoms with Crippen LogP contribution in [0.5, 0.6) is 5.75 Å². The van der Waals surface area contributed by atoms with Crippen LogP contribution in [0.15, 0.2) is 27.6 Å². The summed E-state index contributed by atoms with van der Waals surface area (Å²) in [6.07, 6.45) is 2.00. The minimum absolute atomic E-state index is 0.180. The molecule has 130 valence electrons. The zero-order valence-corrected chi connectivity index (χ0v) is 16.0. The van der Waals surface area contributed by atoms with Crippen LogP contribution in [-0.2, 0) is 20.0 Å². The van der Waals surface area contributed by atoms with Gasteiger partial charge in [0.05, 0.1) is 22.7 Å². The highest BCUT2D eigenvalue weighted by molar-refractivity contribution is 9.10. The predicted molar refractivity (Wildman–Crippen MR) is 90.5 cm³/mol. The van der Waals surface area contributed by atoms with E-state index in [4.69, 9.17) is 4.74 Å². The van der Waals surface area contributed by atoms with Crippen LogP contribution >= 0.6 is 15.9 Å². The first-order valence-corrected chi connectivity index (χ1v) is 11.1. The van der Waals surface area contributed by atoms with Crippen molar-refractivity contribution in [3.05, 3.63) is 22.7 Å². The number of ether oxygens (including phenoxy) is 1. The molecule has 2 rings (SSSR count). The van der Waals surface area contributed by atoms with Gasteiger partial charge in [0.1, 0.15) is 5.75 Å². The maximum Gasteiger partial charge on any atom is 0.243 e. The summed E-state index contributed by atoms with van der Waals surface area (Å²) >= 11 is 3.28. The number of halogens is 1. The molecule has 1 N–H and O–H groups in total. The zero-order chi connectivity index (χ0) is 17.3. The van der Waals surface area contributed by atoms with Gasteiger partial charge in [0, 0.05) is 19.1 Å². The molecule has 0 atom stereocenters. The maximum atomic E-state index is 12.7. The Kier molecular flexibility index (Phi) is 5.72.